The molecule has 1 aliphatic heterocycles. The monoisotopic (exact) mass is 412 g/mol. The summed E-state index contributed by atoms with van der Waals surface area (Å²) in [6.45, 7) is 8.15. The molecule has 2 aromatic carbocycles. The van der Waals surface area contributed by atoms with E-state index in [9.17, 15) is 9.59 Å². The number of fused-ring (bicyclic) bond motifs is 1. The molecule has 0 saturated heterocycles. The predicted octanol–water partition coefficient (Wildman–Crippen LogP) is 3.43. The summed E-state index contributed by atoms with van der Waals surface area (Å²) >= 11 is 6.08. The van der Waals surface area contributed by atoms with Crippen molar-refractivity contribution in [2.75, 3.05) is 18.0 Å². The molecule has 2 aromatic rings. The summed E-state index contributed by atoms with van der Waals surface area (Å²) in [5.74, 6) is -1.23. The molecule has 0 radical (unpaired) electrons. The van der Waals surface area contributed by atoms with Crippen molar-refractivity contribution in [3.63, 3.8) is 0 Å². The summed E-state index contributed by atoms with van der Waals surface area (Å²) in [4.78, 5) is 31.9. The van der Waals surface area contributed by atoms with Crippen molar-refractivity contribution in [1.82, 2.24) is 0 Å². The van der Waals surface area contributed by atoms with Crippen molar-refractivity contribution in [1.29, 1.82) is 0 Å². The quantitative estimate of drug-likeness (QED) is 0.448. The number of carbonyl (C=O) groups excluding carboxylic acids is 2. The van der Waals surface area contributed by atoms with Gasteiger partial charge in [0.2, 0.25) is 5.91 Å². The molecule has 2 N–H and O–H groups in total. The van der Waals surface area contributed by atoms with Crippen LogP contribution in [-0.2, 0) is 4.79 Å². The van der Waals surface area contributed by atoms with Crippen LogP contribution < -0.4 is 10.2 Å². The lowest BCUT2D eigenvalue weighted by molar-refractivity contribution is -0.716. The van der Waals surface area contributed by atoms with Crippen molar-refractivity contribution >= 4 is 35.3 Å². The molecule has 0 aromatic heterocycles. The van der Waals surface area contributed by atoms with E-state index in [4.69, 9.17) is 11.6 Å². The maximum atomic E-state index is 13.2. The number of nitrogens with two attached hydrogens (primary N) is 1. The van der Waals surface area contributed by atoms with Crippen molar-refractivity contribution in [3.8, 4) is 0 Å². The van der Waals surface area contributed by atoms with Crippen molar-refractivity contribution in [2.24, 2.45) is 4.99 Å². The fourth-order valence-electron chi connectivity index (χ4n) is 3.36. The Bertz CT molecular complexity index is 934. The Kier molecular flexibility index (Phi) is 6.50. The molecule has 3 rings (SSSR count). The third-order valence-electron chi connectivity index (χ3n) is 4.78. The summed E-state index contributed by atoms with van der Waals surface area (Å²) in [5.41, 5.74) is 1.88. The fourth-order valence-corrected chi connectivity index (χ4v) is 3.54. The molecule has 1 atom stereocenters. The maximum Gasteiger partial charge on any atom is 0.265 e. The lowest BCUT2D eigenvalue weighted by Gasteiger charge is -2.31. The minimum absolute atomic E-state index is 0.194. The maximum absolute atomic E-state index is 13.2. The normalized spacial score (nSPS) is 17.1. The summed E-state index contributed by atoms with van der Waals surface area (Å²) < 4.78 is 0. The average Bonchev–Trinajstić information content (AvgIpc) is 2.66. The summed E-state index contributed by atoms with van der Waals surface area (Å²) in [7, 11) is 0. The van der Waals surface area contributed by atoms with Gasteiger partial charge >= 0.3 is 0 Å². The molecule has 152 valence electrons. The molecule has 0 saturated carbocycles. The highest BCUT2D eigenvalue weighted by Gasteiger charge is 2.38. The number of hydrogen-bond acceptors (Lipinski definition) is 3. The molecule has 1 heterocycles. The van der Waals surface area contributed by atoms with Gasteiger partial charge in [-0.3, -0.25) is 14.6 Å². The van der Waals surface area contributed by atoms with E-state index in [0.717, 1.165) is 13.0 Å². The highest BCUT2D eigenvalue weighted by molar-refractivity contribution is 6.32. The highest BCUT2D eigenvalue weighted by Crippen LogP contribution is 2.32. The predicted molar refractivity (Wildman–Crippen MR) is 117 cm³/mol. The standard InChI is InChI=1S/C23H26ClN3O2/c1-23(2,3)26-13-7-12-25-15-20-18-10-4-5-11-19(18)21(28)27(22(20)29)17-9-6-8-16(24)14-17/h4-6,8-11,14-15,20,26H,7,12-13H2,1-3H3/p+1. The van der Waals surface area contributed by atoms with E-state index >= 15 is 0 Å². The lowest BCUT2D eigenvalue weighted by atomic mass is 9.89. The van der Waals surface area contributed by atoms with Crippen LogP contribution in [0.4, 0.5) is 5.69 Å². The minimum Gasteiger partial charge on any atom is -0.342 e. The van der Waals surface area contributed by atoms with E-state index in [1.54, 1.807) is 42.6 Å². The molecular formula is C23H27ClN3O2+. The molecule has 0 aliphatic carbocycles. The number of hydrogen-bond donors (Lipinski definition) is 1. The van der Waals surface area contributed by atoms with Crippen molar-refractivity contribution in [3.05, 3.63) is 64.7 Å². The van der Waals surface area contributed by atoms with Gasteiger partial charge in [-0.2, -0.15) is 0 Å². The Morgan fingerprint density at radius 1 is 1.14 bits per heavy atom. The zero-order chi connectivity index (χ0) is 21.0. The van der Waals surface area contributed by atoms with Gasteiger partial charge in [0.25, 0.3) is 5.91 Å². The number of carbonyl (C=O) groups is 2. The molecule has 2 amide bonds. The fraction of sp³-hybridized carbons (Fsp3) is 0.348. The van der Waals surface area contributed by atoms with Crippen LogP contribution in [-0.4, -0.2) is 36.7 Å². The third kappa shape index (κ3) is 5.11. The number of halogens is 1. The van der Waals surface area contributed by atoms with Crippen LogP contribution in [0.15, 0.2) is 53.5 Å². The van der Waals surface area contributed by atoms with E-state index in [2.05, 4.69) is 31.1 Å². The molecule has 5 nitrogen and oxygen atoms in total. The zero-order valence-electron chi connectivity index (χ0n) is 17.1. The first-order valence-electron chi connectivity index (χ1n) is 9.85. The van der Waals surface area contributed by atoms with Crippen LogP contribution >= 0.6 is 11.6 Å². The molecule has 29 heavy (non-hydrogen) atoms. The lowest BCUT2D eigenvalue weighted by Crippen LogP contribution is -2.94. The van der Waals surface area contributed by atoms with Gasteiger partial charge in [0, 0.05) is 29.8 Å². The second-order valence-corrected chi connectivity index (χ2v) is 8.73. The van der Waals surface area contributed by atoms with Gasteiger partial charge < -0.3 is 5.32 Å². The van der Waals surface area contributed by atoms with Gasteiger partial charge in [-0.25, -0.2) is 4.90 Å². The Hall–Kier alpha value is -2.50. The van der Waals surface area contributed by atoms with Crippen LogP contribution in [0.2, 0.25) is 5.02 Å². The van der Waals surface area contributed by atoms with Crippen LogP contribution in [0.25, 0.3) is 0 Å². The van der Waals surface area contributed by atoms with Gasteiger partial charge in [-0.1, -0.05) is 35.9 Å². The van der Waals surface area contributed by atoms with Gasteiger partial charge in [-0.05, 0) is 50.6 Å². The van der Waals surface area contributed by atoms with Crippen LogP contribution in [0.3, 0.4) is 0 Å². The SMILES string of the molecule is CC(C)(C)[NH2+]CCCN=CC1C(=O)N(c2cccc(Cl)c2)C(=O)c2ccccc21. The number of anilines is 1. The molecule has 1 unspecified atom stereocenters. The first-order chi connectivity index (χ1) is 13.8. The summed E-state index contributed by atoms with van der Waals surface area (Å²) in [5, 5.41) is 2.76. The Morgan fingerprint density at radius 3 is 2.62 bits per heavy atom. The number of imide groups is 1. The average molecular weight is 413 g/mol. The molecule has 0 fully saturated rings. The summed E-state index contributed by atoms with van der Waals surface area (Å²) in [6, 6.07) is 14.0. The van der Waals surface area contributed by atoms with E-state index < -0.39 is 5.92 Å². The van der Waals surface area contributed by atoms with E-state index in [1.807, 2.05) is 12.1 Å². The van der Waals surface area contributed by atoms with E-state index in [-0.39, 0.29) is 17.4 Å². The molecule has 0 spiro atoms. The van der Waals surface area contributed by atoms with Crippen molar-refractivity contribution in [2.45, 2.75) is 38.6 Å². The largest absolute Gasteiger partial charge is 0.342 e. The Morgan fingerprint density at radius 2 is 1.90 bits per heavy atom. The first-order valence-corrected chi connectivity index (χ1v) is 10.2. The van der Waals surface area contributed by atoms with Gasteiger partial charge in [0.15, 0.2) is 0 Å². The van der Waals surface area contributed by atoms with Crippen LogP contribution in [0, 0.1) is 0 Å². The molecule has 1 aliphatic rings. The van der Waals surface area contributed by atoms with Crippen molar-refractivity contribution < 1.29 is 14.9 Å². The topological polar surface area (TPSA) is 66.3 Å². The number of benzene rings is 2. The van der Waals surface area contributed by atoms with Gasteiger partial charge in [-0.15, -0.1) is 0 Å². The van der Waals surface area contributed by atoms with E-state index in [0.29, 0.717) is 28.4 Å². The molecular weight excluding hydrogens is 386 g/mol. The number of aliphatic imine (C=N–C) groups is 1. The zero-order valence-corrected chi connectivity index (χ0v) is 17.8. The number of rotatable bonds is 6. The Labute approximate surface area is 176 Å². The van der Waals surface area contributed by atoms with Gasteiger partial charge in [0.05, 0.1) is 23.7 Å². The smallest absolute Gasteiger partial charge is 0.265 e. The first kappa shape index (κ1) is 21.2. The third-order valence-corrected chi connectivity index (χ3v) is 5.02. The van der Waals surface area contributed by atoms with Crippen LogP contribution in [0.5, 0.6) is 0 Å². The van der Waals surface area contributed by atoms with Crippen LogP contribution in [0.1, 0.15) is 49.0 Å². The number of nitrogens with zero attached hydrogens (tertiary/aromatic N) is 2. The minimum atomic E-state index is -0.588. The highest BCUT2D eigenvalue weighted by atomic mass is 35.5. The number of amides is 2. The second-order valence-electron chi connectivity index (χ2n) is 8.29. The second kappa shape index (κ2) is 8.89. The summed E-state index contributed by atoms with van der Waals surface area (Å²) in [6.07, 6.45) is 2.61. The van der Waals surface area contributed by atoms with Gasteiger partial charge in [0.1, 0.15) is 0 Å². The molecule has 0 bridgehead atoms. The Balaban J connectivity index is 1.82. The van der Waals surface area contributed by atoms with E-state index in [1.165, 1.54) is 4.90 Å². The number of quaternary nitrogens is 1. The molecule has 6 heteroatoms.